The van der Waals surface area contributed by atoms with Crippen LogP contribution in [0.2, 0.25) is 0 Å². The average Bonchev–Trinajstić information content (AvgIpc) is 3.31. The van der Waals surface area contributed by atoms with Gasteiger partial charge in [0.25, 0.3) is 0 Å². The molecule has 2 heterocycles. The van der Waals surface area contributed by atoms with E-state index in [1.807, 2.05) is 40.0 Å². The molecular formula is C28H35N5O8S2. The van der Waals surface area contributed by atoms with Gasteiger partial charge in [-0.3, -0.25) is 14.5 Å². The molecule has 1 aliphatic rings. The van der Waals surface area contributed by atoms with Gasteiger partial charge in [0.05, 0.1) is 48.4 Å². The quantitative estimate of drug-likeness (QED) is 0.0871. The molecule has 2 aromatic carbocycles. The number of para-hydroxylation sites is 2. The Hall–Kier alpha value is -3.50. The average molecular weight is 634 g/mol. The van der Waals surface area contributed by atoms with Gasteiger partial charge in [0.15, 0.2) is 16.7 Å². The molecule has 0 spiro atoms. The van der Waals surface area contributed by atoms with Crippen molar-refractivity contribution in [2.75, 3.05) is 31.6 Å². The summed E-state index contributed by atoms with van der Waals surface area (Å²) < 4.78 is 37.0. The van der Waals surface area contributed by atoms with E-state index in [-0.39, 0.29) is 42.2 Å². The summed E-state index contributed by atoms with van der Waals surface area (Å²) in [6.45, 7) is 3.04. The van der Waals surface area contributed by atoms with Crippen LogP contribution in [0.5, 0.6) is 5.75 Å². The summed E-state index contributed by atoms with van der Waals surface area (Å²) in [4.78, 5) is 42.0. The van der Waals surface area contributed by atoms with Crippen molar-refractivity contribution >= 4 is 56.5 Å². The summed E-state index contributed by atoms with van der Waals surface area (Å²) in [7, 11) is -4.52. The van der Waals surface area contributed by atoms with Crippen molar-refractivity contribution < 1.29 is 37.8 Å². The molecule has 232 valence electrons. The number of ether oxygens (including phenoxy) is 1. The fourth-order valence-corrected chi connectivity index (χ4v) is 6.87. The van der Waals surface area contributed by atoms with Crippen LogP contribution in [0.25, 0.3) is 11.0 Å². The number of ketones is 1. The van der Waals surface area contributed by atoms with E-state index in [2.05, 4.69) is 9.71 Å². The molecule has 13 nitrogen and oxygen atoms in total. The minimum absolute atomic E-state index is 0.0141. The lowest BCUT2D eigenvalue weighted by molar-refractivity contribution is -0.138. The Morgan fingerprint density at radius 2 is 1.93 bits per heavy atom. The second kappa shape index (κ2) is 13.9. The van der Waals surface area contributed by atoms with Crippen molar-refractivity contribution in [1.82, 2.24) is 19.2 Å². The number of anilines is 1. The van der Waals surface area contributed by atoms with Gasteiger partial charge in [-0.25, -0.2) is 18.1 Å². The number of hydrogen-bond donors (Lipinski definition) is 4. The van der Waals surface area contributed by atoms with E-state index in [1.54, 1.807) is 6.92 Å². The number of thioether (sulfide) groups is 1. The maximum atomic E-state index is 13.4. The lowest BCUT2D eigenvalue weighted by Gasteiger charge is -2.29. The maximum Gasteiger partial charge on any atom is 0.305 e. The zero-order valence-electron chi connectivity index (χ0n) is 23.8. The van der Waals surface area contributed by atoms with Crippen LogP contribution >= 0.6 is 11.8 Å². The number of aldehydes is 1. The first kappa shape index (κ1) is 32.4. The monoisotopic (exact) mass is 633 g/mol. The number of nitrogens with one attached hydrogen (secondary N) is 1. The van der Waals surface area contributed by atoms with Crippen molar-refractivity contribution in [3.8, 4) is 5.75 Å². The Morgan fingerprint density at radius 1 is 1.23 bits per heavy atom. The van der Waals surface area contributed by atoms with Crippen molar-refractivity contribution in [2.45, 2.75) is 61.0 Å². The number of sulfonamides is 1. The third kappa shape index (κ3) is 7.72. The van der Waals surface area contributed by atoms with E-state index in [1.165, 1.54) is 17.8 Å². The number of rotatable bonds is 14. The van der Waals surface area contributed by atoms with Gasteiger partial charge in [0, 0.05) is 18.7 Å². The Bertz CT molecular complexity index is 1600. The zero-order chi connectivity index (χ0) is 31.3. The molecule has 0 aliphatic carbocycles. The number of likely N-dealkylation sites (tertiary alicyclic amines) is 1. The van der Waals surface area contributed by atoms with Crippen molar-refractivity contribution in [2.24, 2.45) is 0 Å². The number of benzene rings is 2. The van der Waals surface area contributed by atoms with Crippen molar-refractivity contribution in [1.29, 1.82) is 0 Å². The van der Waals surface area contributed by atoms with Crippen LogP contribution < -0.4 is 15.2 Å². The second-order valence-corrected chi connectivity index (χ2v) is 12.8. The first-order chi connectivity index (χ1) is 20.4. The lowest BCUT2D eigenvalue weighted by atomic mass is 10.0. The minimum Gasteiger partial charge on any atom is -0.485 e. The topological polar surface area (TPSA) is 194 Å². The molecule has 1 unspecified atom stereocenters. The SMILES string of the molecule is CSc1nc2ccccc2n1C[C@@H](C)Oc1c(S(=O)(=O)NC(C=O)CC(=O)O)ccc(C(=O)CN2CCC(O)CC2)c1N. The number of piperidine rings is 1. The molecule has 1 aromatic heterocycles. The van der Waals surface area contributed by atoms with E-state index >= 15 is 0 Å². The fraction of sp³-hybridized carbons (Fsp3) is 0.429. The summed E-state index contributed by atoms with van der Waals surface area (Å²) >= 11 is 1.44. The first-order valence-electron chi connectivity index (χ1n) is 13.6. The molecule has 0 saturated carbocycles. The Kier molecular flexibility index (Phi) is 10.4. The number of aliphatic hydroxyl groups excluding tert-OH is 1. The number of Topliss-reactive ketones (excluding diaryl/α,β-unsaturated/α-hetero) is 1. The first-order valence-corrected chi connectivity index (χ1v) is 16.4. The van der Waals surface area contributed by atoms with E-state index < -0.39 is 45.6 Å². The number of imidazole rings is 1. The van der Waals surface area contributed by atoms with Crippen molar-refractivity contribution in [3.63, 3.8) is 0 Å². The van der Waals surface area contributed by atoms with Crippen LogP contribution in [0.4, 0.5) is 5.69 Å². The molecule has 0 radical (unpaired) electrons. The number of carboxylic acid groups (broad SMARTS) is 1. The van der Waals surface area contributed by atoms with Gasteiger partial charge in [-0.1, -0.05) is 23.9 Å². The standard InChI is InChI=1S/C28H35N5O8S2/c1-17(14-33-22-6-4-3-5-21(22)30-28(33)42-2)41-27-24(43(39,40)31-18(16-34)13-25(37)38)8-7-20(26(27)29)23(36)15-32-11-9-19(35)10-12-32/h3-8,16-19,31,35H,9-15,29H2,1-2H3,(H,37,38)/t17-,18?/m1/s1. The smallest absolute Gasteiger partial charge is 0.305 e. The number of carbonyl (C=O) groups is 3. The van der Waals surface area contributed by atoms with Crippen LogP contribution in [0.15, 0.2) is 46.5 Å². The number of nitrogens with zero attached hydrogens (tertiary/aromatic N) is 3. The van der Waals surface area contributed by atoms with E-state index in [4.69, 9.17) is 15.6 Å². The second-order valence-electron chi connectivity index (χ2n) is 10.4. The molecule has 0 bridgehead atoms. The summed E-state index contributed by atoms with van der Waals surface area (Å²) in [6.07, 6.45) is 1.30. The van der Waals surface area contributed by atoms with Gasteiger partial charge in [-0.2, -0.15) is 0 Å². The number of carboxylic acids is 1. The largest absolute Gasteiger partial charge is 0.485 e. The third-order valence-electron chi connectivity index (χ3n) is 7.10. The van der Waals surface area contributed by atoms with Gasteiger partial charge in [0.1, 0.15) is 17.3 Å². The molecule has 0 amide bonds. The highest BCUT2D eigenvalue weighted by molar-refractivity contribution is 7.98. The van der Waals surface area contributed by atoms with Crippen LogP contribution in [-0.4, -0.2) is 95.3 Å². The van der Waals surface area contributed by atoms with Gasteiger partial charge in [0.2, 0.25) is 10.0 Å². The molecule has 1 fully saturated rings. The number of carbonyl (C=O) groups excluding carboxylic acids is 2. The van der Waals surface area contributed by atoms with Crippen LogP contribution in [0, 0.1) is 0 Å². The van der Waals surface area contributed by atoms with E-state index in [9.17, 15) is 27.9 Å². The van der Waals surface area contributed by atoms with Crippen LogP contribution in [0.1, 0.15) is 36.5 Å². The number of aromatic nitrogens is 2. The van der Waals surface area contributed by atoms with Crippen molar-refractivity contribution in [3.05, 3.63) is 42.0 Å². The van der Waals surface area contributed by atoms with Crippen LogP contribution in [0.3, 0.4) is 0 Å². The minimum atomic E-state index is -4.52. The third-order valence-corrected chi connectivity index (χ3v) is 9.29. The van der Waals surface area contributed by atoms with Gasteiger partial charge >= 0.3 is 5.97 Å². The Morgan fingerprint density at radius 3 is 2.58 bits per heavy atom. The number of aliphatic hydroxyl groups is 1. The Balaban J connectivity index is 1.69. The molecule has 3 aromatic rings. The van der Waals surface area contributed by atoms with E-state index in [0.717, 1.165) is 22.3 Å². The number of hydrogen-bond acceptors (Lipinski definition) is 11. The highest BCUT2D eigenvalue weighted by Crippen LogP contribution is 2.35. The summed E-state index contributed by atoms with van der Waals surface area (Å²) in [5, 5.41) is 19.6. The van der Waals surface area contributed by atoms with Gasteiger partial charge in [-0.15, -0.1) is 0 Å². The highest BCUT2D eigenvalue weighted by Gasteiger charge is 2.30. The molecule has 15 heteroatoms. The molecule has 2 atom stereocenters. The molecule has 5 N–H and O–H groups in total. The predicted molar refractivity (Wildman–Crippen MR) is 161 cm³/mol. The maximum absolute atomic E-state index is 13.4. The van der Waals surface area contributed by atoms with Gasteiger partial charge in [-0.05, 0) is 50.3 Å². The summed E-state index contributed by atoms with van der Waals surface area (Å²) in [6, 6.07) is 8.45. The predicted octanol–water partition coefficient (Wildman–Crippen LogP) is 1.77. The highest BCUT2D eigenvalue weighted by atomic mass is 32.2. The van der Waals surface area contributed by atoms with Crippen LogP contribution in [-0.2, 0) is 26.2 Å². The van der Waals surface area contributed by atoms with Gasteiger partial charge < -0.3 is 30.0 Å². The Labute approximate surface area is 253 Å². The normalized spacial score (nSPS) is 16.2. The zero-order valence-corrected chi connectivity index (χ0v) is 25.4. The molecule has 1 saturated heterocycles. The summed E-state index contributed by atoms with van der Waals surface area (Å²) in [5.74, 6) is -2.01. The number of fused-ring (bicyclic) bond motifs is 1. The molecular weight excluding hydrogens is 598 g/mol. The molecule has 4 rings (SSSR count). The molecule has 1 aliphatic heterocycles. The van der Waals surface area contributed by atoms with E-state index in [0.29, 0.717) is 25.9 Å². The molecule has 43 heavy (non-hydrogen) atoms. The number of nitrogen functional groups attached to an aromatic ring is 1. The number of nitrogens with two attached hydrogens (primary N) is 1. The summed E-state index contributed by atoms with van der Waals surface area (Å²) in [5.41, 5.74) is 7.93. The number of aliphatic carboxylic acids is 1. The lowest BCUT2D eigenvalue weighted by Crippen LogP contribution is -2.39. The fourth-order valence-electron chi connectivity index (χ4n) is 4.97.